The molecule has 19 heteroatoms. The smallest absolute Gasteiger partial charge is 0.475 e. The molecule has 0 aromatic carbocycles. The lowest BCUT2D eigenvalue weighted by Crippen LogP contribution is -2.54. The summed E-state index contributed by atoms with van der Waals surface area (Å²) in [5.74, 6) is -7.12. The molecule has 2 aromatic rings. The normalized spacial score (nSPS) is 16.0. The lowest BCUT2D eigenvalue weighted by molar-refractivity contribution is -0.193. The standard InChI is InChI=1S/C21H28N4.3C2HF3O2/c1-17-4-3-5-20(23-17)25-12-8-21(9-13-25)14-19(15-21)24(2)16-18-6-10-22-11-7-18;3*3-2(4,5)1(6)7/h3-7,10-11,19H,8-9,12-16H2,1-2H3;3*(H,6,7). The van der Waals surface area contributed by atoms with Gasteiger partial charge in [-0.15, -0.1) is 0 Å². The number of anilines is 1. The third-order valence-corrected chi connectivity index (χ3v) is 6.89. The monoisotopic (exact) mass is 678 g/mol. The number of halogens is 9. The van der Waals surface area contributed by atoms with Crippen LogP contribution in [0.15, 0.2) is 42.7 Å². The van der Waals surface area contributed by atoms with Crippen LogP contribution in [0.4, 0.5) is 45.3 Å². The van der Waals surface area contributed by atoms with Gasteiger partial charge >= 0.3 is 36.4 Å². The van der Waals surface area contributed by atoms with Gasteiger partial charge < -0.3 is 20.2 Å². The molecule has 2 fully saturated rings. The van der Waals surface area contributed by atoms with Gasteiger partial charge in [0.1, 0.15) is 5.82 Å². The summed E-state index contributed by atoms with van der Waals surface area (Å²) in [6.07, 6.45) is -6.15. The summed E-state index contributed by atoms with van der Waals surface area (Å²) >= 11 is 0. The lowest BCUT2D eigenvalue weighted by Gasteiger charge is -2.55. The van der Waals surface area contributed by atoms with E-state index in [-0.39, 0.29) is 0 Å². The fourth-order valence-electron chi connectivity index (χ4n) is 4.48. The molecule has 1 aliphatic heterocycles. The van der Waals surface area contributed by atoms with Crippen molar-refractivity contribution in [1.82, 2.24) is 14.9 Å². The first-order valence-corrected chi connectivity index (χ1v) is 13.1. The number of nitrogens with zero attached hydrogens (tertiary/aromatic N) is 4. The van der Waals surface area contributed by atoms with Crippen molar-refractivity contribution in [2.75, 3.05) is 25.0 Å². The predicted molar refractivity (Wildman–Crippen MR) is 143 cm³/mol. The van der Waals surface area contributed by atoms with E-state index in [2.05, 4.69) is 59.1 Å². The van der Waals surface area contributed by atoms with Crippen molar-refractivity contribution in [3.05, 3.63) is 54.0 Å². The topological polar surface area (TPSA) is 144 Å². The Morgan fingerprint density at radius 1 is 0.826 bits per heavy atom. The fourth-order valence-corrected chi connectivity index (χ4v) is 4.48. The number of carboxylic acid groups (broad SMARTS) is 3. The minimum atomic E-state index is -5.08. The Bertz CT molecular complexity index is 1220. The van der Waals surface area contributed by atoms with Crippen LogP contribution in [0.2, 0.25) is 0 Å². The van der Waals surface area contributed by atoms with Gasteiger partial charge in [0, 0.05) is 43.8 Å². The number of hydrogen-bond acceptors (Lipinski definition) is 7. The average Bonchev–Trinajstić information content (AvgIpc) is 2.92. The van der Waals surface area contributed by atoms with Crippen molar-refractivity contribution in [1.29, 1.82) is 0 Å². The molecule has 2 aromatic heterocycles. The van der Waals surface area contributed by atoms with E-state index in [9.17, 15) is 39.5 Å². The van der Waals surface area contributed by atoms with Gasteiger partial charge in [-0.3, -0.25) is 9.88 Å². The molecule has 2 aliphatic rings. The molecular formula is C27H31F9N4O6. The highest BCUT2D eigenvalue weighted by Crippen LogP contribution is 2.51. The number of carboxylic acids is 3. The molecule has 46 heavy (non-hydrogen) atoms. The van der Waals surface area contributed by atoms with Gasteiger partial charge in [0.25, 0.3) is 0 Å². The summed E-state index contributed by atoms with van der Waals surface area (Å²) in [4.78, 5) is 40.5. The molecule has 1 spiro atoms. The summed E-state index contributed by atoms with van der Waals surface area (Å²) in [6.45, 7) is 5.40. The third kappa shape index (κ3) is 13.9. The molecule has 0 radical (unpaired) electrons. The number of aliphatic carboxylic acids is 3. The zero-order chi connectivity index (χ0) is 35.5. The van der Waals surface area contributed by atoms with Crippen LogP contribution in [0.1, 0.15) is 36.9 Å². The van der Waals surface area contributed by atoms with E-state index in [0.717, 1.165) is 37.2 Å². The van der Waals surface area contributed by atoms with Crippen molar-refractivity contribution >= 4 is 23.7 Å². The van der Waals surface area contributed by atoms with Gasteiger partial charge in [-0.25, -0.2) is 19.4 Å². The first-order valence-electron chi connectivity index (χ1n) is 13.1. The second-order valence-electron chi connectivity index (χ2n) is 10.4. The summed E-state index contributed by atoms with van der Waals surface area (Å²) in [5.41, 5.74) is 3.05. The second-order valence-corrected chi connectivity index (χ2v) is 10.4. The maximum Gasteiger partial charge on any atom is 0.490 e. The van der Waals surface area contributed by atoms with E-state index in [1.165, 1.54) is 31.2 Å². The minimum absolute atomic E-state index is 0.581. The largest absolute Gasteiger partial charge is 0.490 e. The molecule has 1 saturated heterocycles. The lowest BCUT2D eigenvalue weighted by atomic mass is 9.60. The molecule has 10 nitrogen and oxygen atoms in total. The Morgan fingerprint density at radius 3 is 1.61 bits per heavy atom. The molecule has 3 heterocycles. The minimum Gasteiger partial charge on any atom is -0.475 e. The Morgan fingerprint density at radius 2 is 1.24 bits per heavy atom. The zero-order valence-corrected chi connectivity index (χ0v) is 24.3. The van der Waals surface area contributed by atoms with Crippen LogP contribution in [0.25, 0.3) is 0 Å². The number of hydrogen-bond donors (Lipinski definition) is 3. The molecule has 3 N–H and O–H groups in total. The SMILES string of the molecule is Cc1cccc(N2CCC3(CC2)CC(N(C)Cc2ccncc2)C3)n1.O=C(O)C(F)(F)F.O=C(O)C(F)(F)F.O=C(O)C(F)(F)F. The highest BCUT2D eigenvalue weighted by molar-refractivity contribution is 5.73. The van der Waals surface area contributed by atoms with Crippen LogP contribution in [0, 0.1) is 12.3 Å². The van der Waals surface area contributed by atoms with Gasteiger partial charge in [0.05, 0.1) is 0 Å². The quantitative estimate of drug-likeness (QED) is 0.352. The van der Waals surface area contributed by atoms with Gasteiger partial charge in [-0.2, -0.15) is 39.5 Å². The molecule has 258 valence electrons. The van der Waals surface area contributed by atoms with Crippen LogP contribution < -0.4 is 4.90 Å². The highest BCUT2D eigenvalue weighted by Gasteiger charge is 2.47. The Balaban J connectivity index is 0.000000413. The molecule has 0 amide bonds. The summed E-state index contributed by atoms with van der Waals surface area (Å²) in [5, 5.41) is 21.4. The third-order valence-electron chi connectivity index (χ3n) is 6.89. The van der Waals surface area contributed by atoms with E-state index in [4.69, 9.17) is 34.7 Å². The van der Waals surface area contributed by atoms with E-state index >= 15 is 0 Å². The number of alkyl halides is 9. The number of piperidine rings is 1. The average molecular weight is 679 g/mol. The van der Waals surface area contributed by atoms with Crippen molar-refractivity contribution in [3.63, 3.8) is 0 Å². The van der Waals surface area contributed by atoms with Crippen molar-refractivity contribution in [2.24, 2.45) is 5.41 Å². The maximum atomic E-state index is 10.6. The Kier molecular flexibility index (Phi) is 14.2. The van der Waals surface area contributed by atoms with Crippen LogP contribution in [-0.4, -0.2) is 92.8 Å². The van der Waals surface area contributed by atoms with E-state index in [1.807, 2.05) is 12.4 Å². The molecule has 4 rings (SSSR count). The molecule has 1 saturated carbocycles. The first-order chi connectivity index (χ1) is 21.0. The maximum absolute atomic E-state index is 10.6. The number of carbonyl (C=O) groups is 3. The van der Waals surface area contributed by atoms with E-state index < -0.39 is 36.4 Å². The van der Waals surface area contributed by atoms with Gasteiger partial charge in [0.15, 0.2) is 0 Å². The Hall–Kier alpha value is -4.16. The van der Waals surface area contributed by atoms with Crippen LogP contribution in [0.5, 0.6) is 0 Å². The summed E-state index contributed by atoms with van der Waals surface area (Å²) < 4.78 is 95.2. The van der Waals surface area contributed by atoms with Gasteiger partial charge in [-0.1, -0.05) is 6.07 Å². The molecule has 0 unspecified atom stereocenters. The first kappa shape index (κ1) is 39.9. The molecule has 0 bridgehead atoms. The molecular weight excluding hydrogens is 647 g/mol. The van der Waals surface area contributed by atoms with Crippen LogP contribution in [0.3, 0.4) is 0 Å². The summed E-state index contributed by atoms with van der Waals surface area (Å²) in [7, 11) is 2.27. The number of rotatable bonds is 4. The van der Waals surface area contributed by atoms with Crippen LogP contribution >= 0.6 is 0 Å². The Labute approximate surface area is 256 Å². The number of aryl methyl sites for hydroxylation is 1. The summed E-state index contributed by atoms with van der Waals surface area (Å²) in [6, 6.07) is 11.3. The van der Waals surface area contributed by atoms with E-state index in [0.29, 0.717) is 5.41 Å². The van der Waals surface area contributed by atoms with Gasteiger partial charge in [-0.05, 0) is 74.9 Å². The van der Waals surface area contributed by atoms with E-state index in [1.54, 1.807) is 0 Å². The second kappa shape index (κ2) is 16.4. The molecule has 1 aliphatic carbocycles. The predicted octanol–water partition coefficient (Wildman–Crippen LogP) is 5.57. The number of aromatic nitrogens is 2. The zero-order valence-electron chi connectivity index (χ0n) is 24.3. The van der Waals surface area contributed by atoms with Crippen molar-refractivity contribution in [2.45, 2.75) is 63.7 Å². The highest BCUT2D eigenvalue weighted by atomic mass is 19.4. The van der Waals surface area contributed by atoms with Gasteiger partial charge in [0.2, 0.25) is 0 Å². The fraction of sp³-hybridized carbons (Fsp3) is 0.519. The molecule has 0 atom stereocenters. The number of pyridine rings is 2. The van der Waals surface area contributed by atoms with Crippen molar-refractivity contribution < 1.29 is 69.2 Å². The van der Waals surface area contributed by atoms with Crippen molar-refractivity contribution in [3.8, 4) is 0 Å². The van der Waals surface area contributed by atoms with Crippen LogP contribution in [-0.2, 0) is 20.9 Å².